The summed E-state index contributed by atoms with van der Waals surface area (Å²) in [6.07, 6.45) is 10.1. The van der Waals surface area contributed by atoms with Gasteiger partial charge in [0, 0.05) is 6.20 Å². The highest BCUT2D eigenvalue weighted by molar-refractivity contribution is 7.80. The first-order valence-electron chi connectivity index (χ1n) is 7.27. The van der Waals surface area contributed by atoms with Gasteiger partial charge in [-0.2, -0.15) is 5.10 Å². The molecule has 0 unspecified atom stereocenters. The molecule has 1 fully saturated rings. The SMILES string of the molecule is CC1(C)[C@H]2CC=C(/C=N\NC(=S)Nc3cccnc3)[C@@H]1C2. The smallest absolute Gasteiger partial charge is 0.191 e. The Morgan fingerprint density at radius 1 is 1.52 bits per heavy atom. The Morgan fingerprint density at radius 2 is 2.38 bits per heavy atom. The lowest BCUT2D eigenvalue weighted by Crippen LogP contribution is -2.48. The molecule has 0 aromatic carbocycles. The van der Waals surface area contributed by atoms with Crippen molar-refractivity contribution in [3.63, 3.8) is 0 Å². The van der Waals surface area contributed by atoms with Crippen LogP contribution in [0.1, 0.15) is 26.7 Å². The van der Waals surface area contributed by atoms with Crippen LogP contribution in [-0.4, -0.2) is 16.3 Å². The van der Waals surface area contributed by atoms with Crippen molar-refractivity contribution in [1.82, 2.24) is 10.4 Å². The molecule has 0 radical (unpaired) electrons. The van der Waals surface area contributed by atoms with Crippen molar-refractivity contribution in [3.8, 4) is 0 Å². The third-order valence-corrected chi connectivity index (χ3v) is 5.00. The highest BCUT2D eigenvalue weighted by Gasteiger charge is 2.50. The Labute approximate surface area is 130 Å². The monoisotopic (exact) mass is 300 g/mol. The quantitative estimate of drug-likeness (QED) is 0.510. The average Bonchev–Trinajstić information content (AvgIpc) is 2.48. The highest BCUT2D eigenvalue weighted by atomic mass is 32.1. The normalized spacial score (nSPS) is 25.9. The Balaban J connectivity index is 1.53. The van der Waals surface area contributed by atoms with E-state index in [0.29, 0.717) is 16.4 Å². The van der Waals surface area contributed by atoms with Crippen molar-refractivity contribution in [2.45, 2.75) is 26.7 Å². The Hall–Kier alpha value is -1.75. The molecular weight excluding hydrogens is 280 g/mol. The second kappa shape index (κ2) is 5.56. The Kier molecular flexibility index (Phi) is 3.76. The van der Waals surface area contributed by atoms with Gasteiger partial charge in [0.25, 0.3) is 0 Å². The first kappa shape index (κ1) is 14.2. The molecular formula is C16H20N4S. The van der Waals surface area contributed by atoms with Gasteiger partial charge in [-0.3, -0.25) is 10.4 Å². The molecule has 3 aliphatic rings. The molecule has 2 atom stereocenters. The molecule has 0 spiro atoms. The van der Waals surface area contributed by atoms with Crippen LogP contribution < -0.4 is 10.7 Å². The van der Waals surface area contributed by atoms with E-state index in [-0.39, 0.29) is 0 Å². The van der Waals surface area contributed by atoms with E-state index in [4.69, 9.17) is 12.2 Å². The van der Waals surface area contributed by atoms with E-state index >= 15 is 0 Å². The minimum atomic E-state index is 0.421. The van der Waals surface area contributed by atoms with Gasteiger partial charge in [-0.15, -0.1) is 0 Å². The zero-order valence-electron chi connectivity index (χ0n) is 12.3. The zero-order chi connectivity index (χ0) is 14.9. The molecule has 0 aliphatic heterocycles. The van der Waals surface area contributed by atoms with Gasteiger partial charge in [0.2, 0.25) is 0 Å². The second-order valence-corrected chi connectivity index (χ2v) is 6.72. The summed E-state index contributed by atoms with van der Waals surface area (Å²) in [5.74, 6) is 1.49. The van der Waals surface area contributed by atoms with Gasteiger partial charge >= 0.3 is 0 Å². The van der Waals surface area contributed by atoms with Crippen LogP contribution in [0, 0.1) is 17.3 Å². The molecule has 1 aromatic rings. The molecule has 2 N–H and O–H groups in total. The molecule has 2 bridgehead atoms. The summed E-state index contributed by atoms with van der Waals surface area (Å²) < 4.78 is 0. The van der Waals surface area contributed by atoms with Crippen molar-refractivity contribution in [2.75, 3.05) is 5.32 Å². The standard InChI is InChI=1S/C16H20N4S/c1-16(2)12-6-5-11(14(16)8-12)9-18-20-15(21)19-13-4-3-7-17-10-13/h3-5,7,9-10,12,14H,6,8H2,1-2H3,(H2,19,20,21)/b18-9-/t12-,14-/m0/s1. The maximum atomic E-state index is 5.20. The fourth-order valence-corrected chi connectivity index (χ4v) is 3.48. The van der Waals surface area contributed by atoms with E-state index < -0.39 is 0 Å². The van der Waals surface area contributed by atoms with Gasteiger partial charge < -0.3 is 5.32 Å². The largest absolute Gasteiger partial charge is 0.330 e. The third-order valence-electron chi connectivity index (χ3n) is 4.81. The van der Waals surface area contributed by atoms with Crippen molar-refractivity contribution >= 4 is 29.2 Å². The van der Waals surface area contributed by atoms with Gasteiger partial charge in [0.15, 0.2) is 5.11 Å². The second-order valence-electron chi connectivity index (χ2n) is 6.31. The molecule has 1 aromatic heterocycles. The predicted octanol–water partition coefficient (Wildman–Crippen LogP) is 3.35. The number of hydrogen-bond acceptors (Lipinski definition) is 3. The summed E-state index contributed by atoms with van der Waals surface area (Å²) in [6.45, 7) is 4.71. The lowest BCUT2D eigenvalue weighted by molar-refractivity contribution is -0.00126. The summed E-state index contributed by atoms with van der Waals surface area (Å²) in [4.78, 5) is 4.03. The summed E-state index contributed by atoms with van der Waals surface area (Å²) in [5, 5.41) is 7.78. The Bertz CT molecular complexity index is 592. The van der Waals surface area contributed by atoms with E-state index in [9.17, 15) is 0 Å². The van der Waals surface area contributed by atoms with Crippen molar-refractivity contribution in [3.05, 3.63) is 36.2 Å². The van der Waals surface area contributed by atoms with Crippen LogP contribution in [0.25, 0.3) is 0 Å². The van der Waals surface area contributed by atoms with Gasteiger partial charge in [-0.25, -0.2) is 0 Å². The molecule has 3 aliphatic carbocycles. The molecule has 1 saturated carbocycles. The number of nitrogens with one attached hydrogen (secondary N) is 2. The van der Waals surface area contributed by atoms with E-state index in [1.165, 1.54) is 18.4 Å². The number of aromatic nitrogens is 1. The third kappa shape index (κ3) is 2.83. The minimum Gasteiger partial charge on any atom is -0.330 e. The minimum absolute atomic E-state index is 0.421. The van der Waals surface area contributed by atoms with E-state index in [1.54, 1.807) is 12.4 Å². The summed E-state index contributed by atoms with van der Waals surface area (Å²) in [5.41, 5.74) is 5.47. The van der Waals surface area contributed by atoms with E-state index in [1.807, 2.05) is 18.3 Å². The van der Waals surface area contributed by atoms with Gasteiger partial charge in [-0.1, -0.05) is 19.9 Å². The highest BCUT2D eigenvalue weighted by Crippen LogP contribution is 2.58. The fourth-order valence-electron chi connectivity index (χ4n) is 3.31. The lowest BCUT2D eigenvalue weighted by atomic mass is 9.49. The van der Waals surface area contributed by atoms with Gasteiger partial charge in [-0.05, 0) is 60.0 Å². The lowest BCUT2D eigenvalue weighted by Gasteiger charge is -2.55. The maximum absolute atomic E-state index is 5.20. The molecule has 0 saturated heterocycles. The van der Waals surface area contributed by atoms with Crippen LogP contribution >= 0.6 is 12.2 Å². The molecule has 4 rings (SSSR count). The fraction of sp³-hybridized carbons (Fsp3) is 0.438. The van der Waals surface area contributed by atoms with Crippen molar-refractivity contribution < 1.29 is 0 Å². The number of anilines is 1. The van der Waals surface area contributed by atoms with Crippen molar-refractivity contribution in [2.24, 2.45) is 22.4 Å². The predicted molar refractivity (Wildman–Crippen MR) is 90.2 cm³/mol. The van der Waals surface area contributed by atoms with Crippen LogP contribution in [0.3, 0.4) is 0 Å². The summed E-state index contributed by atoms with van der Waals surface area (Å²) in [6, 6.07) is 3.77. The first-order chi connectivity index (χ1) is 10.1. The number of nitrogens with zero attached hydrogens (tertiary/aromatic N) is 2. The molecule has 1 heterocycles. The van der Waals surface area contributed by atoms with E-state index in [0.717, 1.165) is 11.6 Å². The number of thiocarbonyl (C=S) groups is 1. The number of allylic oxidation sites excluding steroid dienone is 2. The number of hydrazone groups is 1. The number of pyridine rings is 1. The summed E-state index contributed by atoms with van der Waals surface area (Å²) in [7, 11) is 0. The number of hydrogen-bond donors (Lipinski definition) is 2. The van der Waals surface area contributed by atoms with Crippen molar-refractivity contribution in [1.29, 1.82) is 0 Å². The van der Waals surface area contributed by atoms with Gasteiger partial charge in [0.05, 0.1) is 18.1 Å². The first-order valence-corrected chi connectivity index (χ1v) is 7.68. The number of rotatable bonds is 3. The Morgan fingerprint density at radius 3 is 3.05 bits per heavy atom. The van der Waals surface area contributed by atoms with Crippen LogP contribution in [0.15, 0.2) is 41.3 Å². The molecule has 21 heavy (non-hydrogen) atoms. The van der Waals surface area contributed by atoms with Crippen LogP contribution in [0.2, 0.25) is 0 Å². The average molecular weight is 300 g/mol. The summed E-state index contributed by atoms with van der Waals surface area (Å²) >= 11 is 5.20. The van der Waals surface area contributed by atoms with Crippen LogP contribution in [-0.2, 0) is 0 Å². The van der Waals surface area contributed by atoms with E-state index in [2.05, 4.69) is 40.8 Å². The topological polar surface area (TPSA) is 49.3 Å². The molecule has 4 nitrogen and oxygen atoms in total. The van der Waals surface area contributed by atoms with Gasteiger partial charge in [0.1, 0.15) is 0 Å². The molecule has 0 amide bonds. The molecule has 5 heteroatoms. The zero-order valence-corrected chi connectivity index (χ0v) is 13.2. The maximum Gasteiger partial charge on any atom is 0.191 e. The molecule has 110 valence electrons. The number of fused-ring (bicyclic) bond motifs is 1. The van der Waals surface area contributed by atoms with Crippen LogP contribution in [0.4, 0.5) is 5.69 Å². The van der Waals surface area contributed by atoms with Crippen LogP contribution in [0.5, 0.6) is 0 Å².